The Morgan fingerprint density at radius 2 is 1.85 bits per heavy atom. The third kappa shape index (κ3) is 3.82. The fourth-order valence-corrected chi connectivity index (χ4v) is 5.33. The van der Waals surface area contributed by atoms with Crippen molar-refractivity contribution in [2.45, 2.75) is 50.1 Å². The maximum atomic E-state index is 12.8. The number of ether oxygens (including phenoxy) is 2. The molecule has 0 radical (unpaired) electrons. The molecule has 2 aliphatic rings. The van der Waals surface area contributed by atoms with Crippen molar-refractivity contribution < 1.29 is 27.8 Å². The topological polar surface area (TPSA) is 93.1 Å². The van der Waals surface area contributed by atoms with Crippen LogP contribution >= 0.6 is 0 Å². The van der Waals surface area contributed by atoms with Gasteiger partial charge in [0.1, 0.15) is 16.6 Å². The van der Waals surface area contributed by atoms with E-state index in [0.29, 0.717) is 11.3 Å². The summed E-state index contributed by atoms with van der Waals surface area (Å²) in [6.07, 6.45) is 0.0704. The molecule has 1 aromatic carbocycles. The number of rotatable bonds is 2. The van der Waals surface area contributed by atoms with E-state index in [0.717, 1.165) is 9.87 Å². The van der Waals surface area contributed by atoms with Crippen molar-refractivity contribution in [1.29, 1.82) is 0 Å². The molecule has 1 amide bonds. The summed E-state index contributed by atoms with van der Waals surface area (Å²) in [7, 11) is -2.32. The molecule has 1 saturated heterocycles. The van der Waals surface area contributed by atoms with Crippen LogP contribution in [0.4, 0.5) is 4.79 Å². The zero-order chi connectivity index (χ0) is 20.0. The number of carbonyl (C=O) groups excluding carboxylic acids is 1. The van der Waals surface area contributed by atoms with Crippen molar-refractivity contribution in [2.75, 3.05) is 13.7 Å². The molecule has 7 nitrogen and oxygen atoms in total. The van der Waals surface area contributed by atoms with Crippen LogP contribution in [0, 0.1) is 0 Å². The van der Waals surface area contributed by atoms with Gasteiger partial charge in [-0.2, -0.15) is 4.31 Å². The first-order chi connectivity index (χ1) is 12.5. The zero-order valence-electron chi connectivity index (χ0n) is 15.9. The largest absolute Gasteiger partial charge is 0.497 e. The van der Waals surface area contributed by atoms with Crippen LogP contribution in [-0.4, -0.2) is 54.5 Å². The van der Waals surface area contributed by atoms with Gasteiger partial charge in [0.2, 0.25) is 10.0 Å². The smallest absolute Gasteiger partial charge is 0.424 e. The third-order valence-electron chi connectivity index (χ3n) is 4.77. The number of benzene rings is 1. The van der Waals surface area contributed by atoms with Gasteiger partial charge in [-0.15, -0.1) is 0 Å². The molecule has 1 aromatic rings. The van der Waals surface area contributed by atoms with Gasteiger partial charge in [-0.05, 0) is 50.5 Å². The lowest BCUT2D eigenvalue weighted by atomic mass is 9.83. The van der Waals surface area contributed by atoms with E-state index < -0.39 is 33.1 Å². The highest BCUT2D eigenvalue weighted by Crippen LogP contribution is 2.40. The Hall–Kier alpha value is -2.06. The minimum Gasteiger partial charge on any atom is -0.497 e. The first-order valence-corrected chi connectivity index (χ1v) is 10.3. The summed E-state index contributed by atoms with van der Waals surface area (Å²) < 4.78 is 36.7. The number of amides is 1. The summed E-state index contributed by atoms with van der Waals surface area (Å²) in [6, 6.07) is 7.29. The molecule has 1 aliphatic carbocycles. The molecule has 3 atom stereocenters. The van der Waals surface area contributed by atoms with E-state index in [1.165, 1.54) is 0 Å². The van der Waals surface area contributed by atoms with Crippen LogP contribution < -0.4 is 4.74 Å². The van der Waals surface area contributed by atoms with Crippen molar-refractivity contribution >= 4 is 16.1 Å². The molecule has 1 fully saturated rings. The van der Waals surface area contributed by atoms with E-state index in [1.807, 2.05) is 12.1 Å². The summed E-state index contributed by atoms with van der Waals surface area (Å²) in [6.45, 7) is 5.01. The molecule has 1 aliphatic heterocycles. The second-order valence-corrected chi connectivity index (χ2v) is 9.90. The lowest BCUT2D eigenvalue weighted by Crippen LogP contribution is -2.40. The minimum absolute atomic E-state index is 0.0404. The van der Waals surface area contributed by atoms with Gasteiger partial charge in [0.15, 0.2) is 0 Å². The number of hydrogen-bond donors (Lipinski definition) is 1. The third-order valence-corrected chi connectivity index (χ3v) is 6.87. The lowest BCUT2D eigenvalue weighted by molar-refractivity contribution is 0.0408. The van der Waals surface area contributed by atoms with Gasteiger partial charge < -0.3 is 14.6 Å². The second-order valence-electron chi connectivity index (χ2n) is 7.86. The Kier molecular flexibility index (Phi) is 4.98. The number of hydrogen-bond acceptors (Lipinski definition) is 6. The molecule has 8 heteroatoms. The summed E-state index contributed by atoms with van der Waals surface area (Å²) in [4.78, 5) is 12.3. The Balaban J connectivity index is 1.89. The molecule has 1 heterocycles. The Morgan fingerprint density at radius 1 is 1.22 bits per heavy atom. The average molecular weight is 395 g/mol. The van der Waals surface area contributed by atoms with Crippen molar-refractivity contribution in [1.82, 2.24) is 4.31 Å². The standard InChI is InChI=1S/C19H25NO6S/c1-19(2,3)26-18(22)20-11-13-9-15(12-5-7-14(25-4)8-6-12)16(21)10-17(13)27(20,23)24/h5-9,15-17,21H,10-11H2,1-4H3/t15-,16-,17+/m1/s1. The second kappa shape index (κ2) is 6.83. The van der Waals surface area contributed by atoms with Gasteiger partial charge in [0.05, 0.1) is 19.8 Å². The summed E-state index contributed by atoms with van der Waals surface area (Å²) in [5.74, 6) is 0.366. The number of methoxy groups -OCH3 is 1. The van der Waals surface area contributed by atoms with Crippen molar-refractivity contribution in [3.63, 3.8) is 0 Å². The molecular formula is C19H25NO6S. The number of carbonyl (C=O) groups is 1. The molecule has 0 bridgehead atoms. The highest BCUT2D eigenvalue weighted by atomic mass is 32.2. The van der Waals surface area contributed by atoms with Crippen molar-refractivity contribution in [3.05, 3.63) is 41.5 Å². The van der Waals surface area contributed by atoms with Crippen LogP contribution in [0.5, 0.6) is 5.75 Å². The number of aliphatic hydroxyl groups excluding tert-OH is 1. The van der Waals surface area contributed by atoms with Crippen LogP contribution in [0.1, 0.15) is 38.7 Å². The lowest BCUT2D eigenvalue weighted by Gasteiger charge is -2.28. The Labute approximate surface area is 159 Å². The van der Waals surface area contributed by atoms with E-state index >= 15 is 0 Å². The zero-order valence-corrected chi connectivity index (χ0v) is 16.7. The number of aliphatic hydroxyl groups is 1. The highest BCUT2D eigenvalue weighted by Gasteiger charge is 2.50. The van der Waals surface area contributed by atoms with Gasteiger partial charge in [-0.25, -0.2) is 13.2 Å². The summed E-state index contributed by atoms with van der Waals surface area (Å²) >= 11 is 0. The summed E-state index contributed by atoms with van der Waals surface area (Å²) in [5.41, 5.74) is 0.689. The van der Waals surface area contributed by atoms with Crippen LogP contribution in [0.2, 0.25) is 0 Å². The van der Waals surface area contributed by atoms with Crippen molar-refractivity contribution in [3.8, 4) is 5.75 Å². The molecule has 27 heavy (non-hydrogen) atoms. The van der Waals surface area contributed by atoms with E-state index in [-0.39, 0.29) is 18.9 Å². The monoisotopic (exact) mass is 395 g/mol. The predicted octanol–water partition coefficient (Wildman–Crippen LogP) is 2.42. The van der Waals surface area contributed by atoms with E-state index in [4.69, 9.17) is 9.47 Å². The van der Waals surface area contributed by atoms with Gasteiger partial charge in [-0.3, -0.25) is 0 Å². The molecule has 3 rings (SSSR count). The van der Waals surface area contributed by atoms with Crippen LogP contribution in [0.3, 0.4) is 0 Å². The van der Waals surface area contributed by atoms with Gasteiger partial charge >= 0.3 is 6.09 Å². The normalized spacial score (nSPS) is 26.9. The number of nitrogens with zero attached hydrogens (tertiary/aromatic N) is 1. The molecule has 1 N–H and O–H groups in total. The van der Waals surface area contributed by atoms with Crippen LogP contribution in [0.15, 0.2) is 35.9 Å². The van der Waals surface area contributed by atoms with Gasteiger partial charge in [0, 0.05) is 5.92 Å². The maximum absolute atomic E-state index is 12.8. The molecule has 148 valence electrons. The fourth-order valence-electron chi connectivity index (χ4n) is 3.47. The molecular weight excluding hydrogens is 370 g/mol. The molecule has 0 saturated carbocycles. The minimum atomic E-state index is -3.90. The van der Waals surface area contributed by atoms with Gasteiger partial charge in [-0.1, -0.05) is 18.2 Å². The van der Waals surface area contributed by atoms with E-state index in [1.54, 1.807) is 46.1 Å². The first kappa shape index (κ1) is 19.7. The highest BCUT2D eigenvalue weighted by molar-refractivity contribution is 7.90. The first-order valence-electron chi connectivity index (χ1n) is 8.80. The maximum Gasteiger partial charge on any atom is 0.424 e. The van der Waals surface area contributed by atoms with Crippen molar-refractivity contribution in [2.24, 2.45) is 0 Å². The van der Waals surface area contributed by atoms with Crippen LogP contribution in [-0.2, 0) is 14.8 Å². The Bertz CT molecular complexity index is 853. The Morgan fingerprint density at radius 3 is 2.41 bits per heavy atom. The quantitative estimate of drug-likeness (QED) is 0.773. The number of fused-ring (bicyclic) bond motifs is 1. The summed E-state index contributed by atoms with van der Waals surface area (Å²) in [5, 5.41) is 9.67. The number of sulfonamides is 1. The van der Waals surface area contributed by atoms with E-state index in [2.05, 4.69) is 0 Å². The fraction of sp³-hybridized carbons (Fsp3) is 0.526. The predicted molar refractivity (Wildman–Crippen MR) is 100 cm³/mol. The molecule has 0 spiro atoms. The van der Waals surface area contributed by atoms with Gasteiger partial charge in [0.25, 0.3) is 0 Å². The SMILES string of the molecule is COc1ccc([C@H]2C=C3CN(C(=O)OC(C)(C)C)S(=O)(=O)[C@H]3C[C@H]2O)cc1. The van der Waals surface area contributed by atoms with E-state index in [9.17, 15) is 18.3 Å². The molecule has 0 unspecified atom stereocenters. The van der Waals surface area contributed by atoms with Crippen LogP contribution in [0.25, 0.3) is 0 Å². The average Bonchev–Trinajstić information content (AvgIpc) is 2.84. The molecule has 0 aromatic heterocycles.